The summed E-state index contributed by atoms with van der Waals surface area (Å²) in [4.78, 5) is 34.6. The van der Waals surface area contributed by atoms with Crippen molar-refractivity contribution in [2.24, 2.45) is 4.99 Å². The molecule has 0 aliphatic carbocycles. The van der Waals surface area contributed by atoms with Crippen molar-refractivity contribution in [2.45, 2.75) is 0 Å². The number of ether oxygens (including phenoxy) is 1. The zero-order valence-electron chi connectivity index (χ0n) is 20.1. The summed E-state index contributed by atoms with van der Waals surface area (Å²) in [6.07, 6.45) is 0.810. The fourth-order valence-electron chi connectivity index (χ4n) is 4.25. The number of carbonyl (C=O) groups excluding carboxylic acids is 2. The summed E-state index contributed by atoms with van der Waals surface area (Å²) >= 11 is 3.27. The van der Waals surface area contributed by atoms with Crippen molar-refractivity contribution in [3.05, 3.63) is 113 Å². The highest BCUT2D eigenvalue weighted by Gasteiger charge is 2.24. The molecule has 8 heteroatoms. The fourth-order valence-corrected chi connectivity index (χ4v) is 8.65. The molecule has 0 amide bonds. The predicted octanol–water partition coefficient (Wildman–Crippen LogP) is 5.58. The van der Waals surface area contributed by atoms with Crippen molar-refractivity contribution in [1.82, 2.24) is 4.98 Å². The first-order valence-electron chi connectivity index (χ1n) is 12.0. The third kappa shape index (κ3) is 5.05. The Hall–Kier alpha value is -3.64. The SMILES string of the molecule is O=Cc1ccc(C(=O)Oc2ccc3nc(C4=NCCS4)sc3c2)c(P(c2ccccc2)c2ccccc2)c1. The molecule has 0 atom stereocenters. The first kappa shape index (κ1) is 24.7. The molecule has 186 valence electrons. The van der Waals surface area contributed by atoms with E-state index < -0.39 is 13.9 Å². The number of benzene rings is 4. The number of hydrogen-bond donors (Lipinski definition) is 0. The van der Waals surface area contributed by atoms with Gasteiger partial charge >= 0.3 is 5.97 Å². The van der Waals surface area contributed by atoms with Crippen LogP contribution in [0.4, 0.5) is 0 Å². The van der Waals surface area contributed by atoms with Gasteiger partial charge in [-0.1, -0.05) is 66.7 Å². The van der Waals surface area contributed by atoms with Gasteiger partial charge in [-0.25, -0.2) is 9.78 Å². The molecule has 5 nitrogen and oxygen atoms in total. The van der Waals surface area contributed by atoms with E-state index in [1.165, 1.54) is 0 Å². The average Bonchev–Trinajstić information content (AvgIpc) is 3.64. The van der Waals surface area contributed by atoms with E-state index in [0.717, 1.165) is 54.8 Å². The number of hydrogen-bond acceptors (Lipinski definition) is 7. The first-order valence-corrected chi connectivity index (χ1v) is 15.1. The summed E-state index contributed by atoms with van der Waals surface area (Å²) in [6.45, 7) is 0.818. The van der Waals surface area contributed by atoms with E-state index in [0.29, 0.717) is 16.9 Å². The molecule has 0 fully saturated rings. The Morgan fingerprint density at radius 2 is 1.63 bits per heavy atom. The lowest BCUT2D eigenvalue weighted by atomic mass is 10.1. The Morgan fingerprint density at radius 1 is 0.895 bits per heavy atom. The summed E-state index contributed by atoms with van der Waals surface area (Å²) in [6, 6.07) is 30.8. The largest absolute Gasteiger partial charge is 0.423 e. The number of nitrogens with zero attached hydrogens (tertiary/aromatic N) is 2. The number of aliphatic imine (C=N–C) groups is 1. The number of fused-ring (bicyclic) bond motifs is 1. The molecule has 0 bridgehead atoms. The van der Waals surface area contributed by atoms with Crippen molar-refractivity contribution >= 4 is 74.4 Å². The second-order valence-electron chi connectivity index (χ2n) is 8.47. The van der Waals surface area contributed by atoms with Gasteiger partial charge < -0.3 is 4.74 Å². The lowest BCUT2D eigenvalue weighted by Crippen LogP contribution is -2.27. The first-order chi connectivity index (χ1) is 18.7. The van der Waals surface area contributed by atoms with Gasteiger partial charge in [0.1, 0.15) is 22.1 Å². The van der Waals surface area contributed by atoms with E-state index >= 15 is 0 Å². The van der Waals surface area contributed by atoms with Gasteiger partial charge in [-0.05, 0) is 42.8 Å². The molecule has 0 saturated heterocycles. The van der Waals surface area contributed by atoms with Crippen LogP contribution in [-0.2, 0) is 0 Å². The monoisotopic (exact) mass is 552 g/mol. The third-order valence-corrected chi connectivity index (χ3v) is 10.6. The number of carbonyl (C=O) groups is 2. The number of esters is 1. The van der Waals surface area contributed by atoms with Gasteiger partial charge in [-0.2, -0.15) is 0 Å². The highest BCUT2D eigenvalue weighted by atomic mass is 32.2. The van der Waals surface area contributed by atoms with Gasteiger partial charge in [-0.15, -0.1) is 23.1 Å². The Morgan fingerprint density at radius 3 is 2.29 bits per heavy atom. The van der Waals surface area contributed by atoms with Gasteiger partial charge in [0.25, 0.3) is 0 Å². The van der Waals surface area contributed by atoms with Crippen LogP contribution < -0.4 is 20.7 Å². The zero-order valence-corrected chi connectivity index (χ0v) is 22.6. The van der Waals surface area contributed by atoms with Gasteiger partial charge in [0.05, 0.1) is 15.8 Å². The average molecular weight is 553 g/mol. The quantitative estimate of drug-likeness (QED) is 0.114. The summed E-state index contributed by atoms with van der Waals surface area (Å²) < 4.78 is 6.84. The van der Waals surface area contributed by atoms with E-state index in [1.807, 2.05) is 54.6 Å². The zero-order chi connectivity index (χ0) is 25.9. The molecule has 5 aromatic rings. The van der Waals surface area contributed by atoms with Gasteiger partial charge in [0.2, 0.25) is 0 Å². The van der Waals surface area contributed by atoms with Gasteiger partial charge in [0.15, 0.2) is 0 Å². The molecule has 0 unspecified atom stereocenters. The van der Waals surface area contributed by atoms with Crippen LogP contribution in [0.3, 0.4) is 0 Å². The molecular weight excluding hydrogens is 531 g/mol. The number of aldehydes is 1. The van der Waals surface area contributed by atoms with E-state index in [4.69, 9.17) is 9.72 Å². The van der Waals surface area contributed by atoms with Crippen LogP contribution in [0.1, 0.15) is 25.7 Å². The fraction of sp³-hybridized carbons (Fsp3) is 0.0667. The van der Waals surface area contributed by atoms with Crippen LogP contribution in [0.2, 0.25) is 0 Å². The molecule has 1 aromatic heterocycles. The smallest absolute Gasteiger partial charge is 0.344 e. The number of thiazole rings is 1. The van der Waals surface area contributed by atoms with Crippen molar-refractivity contribution < 1.29 is 14.3 Å². The van der Waals surface area contributed by atoms with Crippen LogP contribution in [0.5, 0.6) is 5.75 Å². The van der Waals surface area contributed by atoms with Crippen LogP contribution >= 0.6 is 31.0 Å². The maximum Gasteiger partial charge on any atom is 0.344 e. The summed E-state index contributed by atoms with van der Waals surface area (Å²) in [5, 5.41) is 4.81. The van der Waals surface area contributed by atoms with Crippen molar-refractivity contribution in [3.63, 3.8) is 0 Å². The highest BCUT2D eigenvalue weighted by molar-refractivity contribution is 8.15. The summed E-state index contributed by atoms with van der Waals surface area (Å²) in [5.41, 5.74) is 1.81. The minimum absolute atomic E-state index is 0.441. The molecule has 1 aliphatic heterocycles. The molecule has 0 N–H and O–H groups in total. The normalized spacial score (nSPS) is 13.0. The number of thioether (sulfide) groups is 1. The number of aromatic nitrogens is 1. The van der Waals surface area contributed by atoms with Crippen molar-refractivity contribution in [1.29, 1.82) is 0 Å². The van der Waals surface area contributed by atoms with Crippen molar-refractivity contribution in [2.75, 3.05) is 12.3 Å². The van der Waals surface area contributed by atoms with Gasteiger partial charge in [0, 0.05) is 29.2 Å². The molecular formula is C30H21N2O3PS2. The topological polar surface area (TPSA) is 68.6 Å². The Bertz CT molecular complexity index is 1630. The lowest BCUT2D eigenvalue weighted by molar-refractivity contribution is 0.0736. The standard InChI is InChI=1S/C30H21N2O3PS2/c33-19-20-11-13-24(26(17-20)36(22-7-3-1-4-8-22)23-9-5-2-6-10-23)30(34)35-21-12-14-25-27(18-21)38-29(32-25)28-31-15-16-37-28/h1-14,17-19H,15-16H2. The minimum Gasteiger partial charge on any atom is -0.423 e. The summed E-state index contributed by atoms with van der Waals surface area (Å²) in [7, 11) is -1.11. The van der Waals surface area contributed by atoms with E-state index in [2.05, 4.69) is 29.3 Å². The molecule has 0 spiro atoms. The van der Waals surface area contributed by atoms with E-state index in [-0.39, 0.29) is 0 Å². The van der Waals surface area contributed by atoms with E-state index in [9.17, 15) is 9.59 Å². The third-order valence-electron chi connectivity index (χ3n) is 5.99. The van der Waals surface area contributed by atoms with E-state index in [1.54, 1.807) is 41.3 Å². The van der Waals surface area contributed by atoms with Crippen molar-refractivity contribution in [3.8, 4) is 5.75 Å². The van der Waals surface area contributed by atoms with Crippen LogP contribution in [0, 0.1) is 0 Å². The summed E-state index contributed by atoms with van der Waals surface area (Å²) in [5.74, 6) is 0.970. The molecule has 4 aromatic carbocycles. The molecule has 6 rings (SSSR count). The molecule has 1 aliphatic rings. The predicted molar refractivity (Wildman–Crippen MR) is 159 cm³/mol. The number of rotatable bonds is 7. The second kappa shape index (κ2) is 11.0. The molecule has 38 heavy (non-hydrogen) atoms. The molecule has 0 saturated carbocycles. The highest BCUT2D eigenvalue weighted by Crippen LogP contribution is 2.35. The Balaban J connectivity index is 1.38. The maximum atomic E-state index is 13.6. The van der Waals surface area contributed by atoms with Crippen LogP contribution in [0.25, 0.3) is 10.2 Å². The second-order valence-corrected chi connectivity index (χ2v) is 12.8. The maximum absolute atomic E-state index is 13.6. The Kier molecular flexibility index (Phi) is 7.14. The van der Waals surface area contributed by atoms with Crippen LogP contribution in [-0.4, -0.2) is 34.6 Å². The minimum atomic E-state index is -1.11. The molecule has 0 radical (unpaired) electrons. The molecule has 2 heterocycles. The lowest BCUT2D eigenvalue weighted by Gasteiger charge is -2.22. The van der Waals surface area contributed by atoms with Gasteiger partial charge in [-0.3, -0.25) is 9.79 Å². The van der Waals surface area contributed by atoms with Crippen LogP contribution in [0.15, 0.2) is 102 Å². The Labute approximate surface area is 229 Å².